The van der Waals surface area contributed by atoms with Crippen LogP contribution in [0.2, 0.25) is 0 Å². The maximum absolute atomic E-state index is 12.9. The Balaban J connectivity index is 4.22. The second kappa shape index (κ2) is 57.4. The van der Waals surface area contributed by atoms with Gasteiger partial charge in [-0.15, -0.1) is 0 Å². The molecule has 0 heterocycles. The number of ether oxygens (including phenoxy) is 3. The van der Waals surface area contributed by atoms with E-state index in [1.165, 1.54) is 218 Å². The summed E-state index contributed by atoms with van der Waals surface area (Å²) in [7, 11) is 0. The van der Waals surface area contributed by atoms with Crippen LogP contribution in [0.25, 0.3) is 0 Å². The smallest absolute Gasteiger partial charge is 0.306 e. The average molecular weight is 928 g/mol. The summed E-state index contributed by atoms with van der Waals surface area (Å²) in [6, 6.07) is 0. The molecule has 0 aromatic rings. The second-order valence-corrected chi connectivity index (χ2v) is 19.9. The van der Waals surface area contributed by atoms with Gasteiger partial charge in [-0.05, 0) is 51.4 Å². The highest BCUT2D eigenvalue weighted by atomic mass is 16.6. The third-order valence-electron chi connectivity index (χ3n) is 13.2. The summed E-state index contributed by atoms with van der Waals surface area (Å²) >= 11 is 0. The summed E-state index contributed by atoms with van der Waals surface area (Å²) in [6.07, 6.45) is 70.3. The van der Waals surface area contributed by atoms with Gasteiger partial charge in [0.1, 0.15) is 6.61 Å². The van der Waals surface area contributed by atoms with Crippen LogP contribution in [0, 0.1) is 0 Å². The molecule has 0 aliphatic carbocycles. The van der Waals surface area contributed by atoms with Gasteiger partial charge in [-0.3, -0.25) is 9.59 Å². The Morgan fingerprint density at radius 1 is 0.348 bits per heavy atom. The fourth-order valence-electron chi connectivity index (χ4n) is 8.82. The maximum Gasteiger partial charge on any atom is 0.306 e. The third kappa shape index (κ3) is 54.7. The van der Waals surface area contributed by atoms with E-state index in [9.17, 15) is 9.59 Å². The van der Waals surface area contributed by atoms with E-state index in [1.54, 1.807) is 0 Å². The molecule has 66 heavy (non-hydrogen) atoms. The van der Waals surface area contributed by atoms with Gasteiger partial charge in [-0.25, -0.2) is 0 Å². The van der Waals surface area contributed by atoms with Crippen molar-refractivity contribution < 1.29 is 23.8 Å². The molecule has 0 saturated heterocycles. The molecule has 0 spiro atoms. The number of allylic oxidation sites excluding steroid dienone is 6. The SMILES string of the molecule is CC/C=C\C/C=C\C/C=C\CCCCCCCCOCC(COC(=O)CCCCCCCCCCCCCCCCCCCCC)OC(=O)CCCCCCCCCCCCCCCCC. The summed E-state index contributed by atoms with van der Waals surface area (Å²) in [6.45, 7) is 7.76. The molecule has 5 heteroatoms. The van der Waals surface area contributed by atoms with Gasteiger partial charge in [-0.2, -0.15) is 0 Å². The molecule has 0 radical (unpaired) electrons. The standard InChI is InChI=1S/C61H114O5/c1-4-7-10-13-16-19-22-25-28-30-31-32-34-36-39-42-45-48-51-54-60(62)65-58-59(57-64-56-53-50-47-44-41-38-35-29-26-23-20-17-14-11-8-5-2)66-61(63)55-52-49-46-43-40-37-33-27-24-21-18-15-12-9-6-3/h8,11,17,20,26,29,59H,4-7,9-10,12-16,18-19,21-25,27-28,30-58H2,1-3H3/b11-8-,20-17-,29-26-. The molecule has 0 aliphatic rings. The number of rotatable bonds is 55. The minimum Gasteiger partial charge on any atom is -0.462 e. The van der Waals surface area contributed by atoms with Crippen molar-refractivity contribution in [2.75, 3.05) is 19.8 Å². The quantitative estimate of drug-likeness (QED) is 0.0345. The van der Waals surface area contributed by atoms with E-state index < -0.39 is 6.10 Å². The van der Waals surface area contributed by atoms with Crippen LogP contribution in [0.15, 0.2) is 36.5 Å². The predicted molar refractivity (Wildman–Crippen MR) is 288 cm³/mol. The van der Waals surface area contributed by atoms with Crippen LogP contribution in [0.4, 0.5) is 0 Å². The lowest BCUT2D eigenvalue weighted by Crippen LogP contribution is -2.30. The van der Waals surface area contributed by atoms with E-state index >= 15 is 0 Å². The van der Waals surface area contributed by atoms with Gasteiger partial charge < -0.3 is 14.2 Å². The number of unbranched alkanes of at least 4 members (excludes halogenated alkanes) is 38. The van der Waals surface area contributed by atoms with Crippen LogP contribution in [-0.2, 0) is 23.8 Å². The molecule has 0 aromatic heterocycles. The highest BCUT2D eigenvalue weighted by Crippen LogP contribution is 2.17. The van der Waals surface area contributed by atoms with Crippen molar-refractivity contribution in [2.45, 2.75) is 322 Å². The van der Waals surface area contributed by atoms with Crippen molar-refractivity contribution in [3.05, 3.63) is 36.5 Å². The average Bonchev–Trinajstić information content (AvgIpc) is 3.32. The van der Waals surface area contributed by atoms with Gasteiger partial charge in [0.15, 0.2) is 6.10 Å². The zero-order chi connectivity index (χ0) is 47.7. The topological polar surface area (TPSA) is 61.8 Å². The zero-order valence-electron chi connectivity index (χ0n) is 44.7. The molecule has 0 amide bonds. The van der Waals surface area contributed by atoms with Crippen LogP contribution in [0.5, 0.6) is 0 Å². The van der Waals surface area contributed by atoms with Crippen molar-refractivity contribution in [3.8, 4) is 0 Å². The molecule has 0 saturated carbocycles. The molecule has 0 N–H and O–H groups in total. The third-order valence-corrected chi connectivity index (χ3v) is 13.2. The van der Waals surface area contributed by atoms with E-state index in [2.05, 4.69) is 57.2 Å². The molecule has 5 nitrogen and oxygen atoms in total. The Bertz CT molecular complexity index is 1050. The number of hydrogen-bond donors (Lipinski definition) is 0. The van der Waals surface area contributed by atoms with Gasteiger partial charge in [0, 0.05) is 19.4 Å². The summed E-state index contributed by atoms with van der Waals surface area (Å²) in [5, 5.41) is 0. The van der Waals surface area contributed by atoms with Gasteiger partial charge in [0.2, 0.25) is 0 Å². The Morgan fingerprint density at radius 2 is 0.682 bits per heavy atom. The van der Waals surface area contributed by atoms with E-state index in [0.717, 1.165) is 64.2 Å². The molecule has 0 bridgehead atoms. The molecular weight excluding hydrogens is 813 g/mol. The zero-order valence-corrected chi connectivity index (χ0v) is 44.7. The summed E-state index contributed by atoms with van der Waals surface area (Å²) in [5.41, 5.74) is 0. The van der Waals surface area contributed by atoms with E-state index in [0.29, 0.717) is 19.4 Å². The van der Waals surface area contributed by atoms with Crippen LogP contribution in [-0.4, -0.2) is 37.9 Å². The van der Waals surface area contributed by atoms with E-state index in [1.807, 2.05) is 0 Å². The predicted octanol–water partition coefficient (Wildman–Crippen LogP) is 20.1. The second-order valence-electron chi connectivity index (χ2n) is 19.9. The molecule has 0 fully saturated rings. The van der Waals surface area contributed by atoms with Crippen molar-refractivity contribution in [3.63, 3.8) is 0 Å². The molecule has 0 aromatic carbocycles. The first kappa shape index (κ1) is 64.1. The molecular formula is C61H114O5. The van der Waals surface area contributed by atoms with Crippen LogP contribution < -0.4 is 0 Å². The minimum atomic E-state index is -0.538. The lowest BCUT2D eigenvalue weighted by atomic mass is 10.0. The largest absolute Gasteiger partial charge is 0.462 e. The molecule has 0 rings (SSSR count). The van der Waals surface area contributed by atoms with Crippen molar-refractivity contribution in [2.24, 2.45) is 0 Å². The Morgan fingerprint density at radius 3 is 1.09 bits per heavy atom. The number of hydrogen-bond acceptors (Lipinski definition) is 5. The first-order valence-corrected chi connectivity index (χ1v) is 29.5. The molecule has 388 valence electrons. The fraction of sp³-hybridized carbons (Fsp3) is 0.869. The summed E-state index contributed by atoms with van der Waals surface area (Å²) in [5.74, 6) is -0.382. The van der Waals surface area contributed by atoms with Gasteiger partial charge in [0.05, 0.1) is 6.61 Å². The first-order valence-electron chi connectivity index (χ1n) is 29.5. The Labute approximate surface area is 412 Å². The minimum absolute atomic E-state index is 0.0869. The number of carbonyl (C=O) groups excluding carboxylic acids is 2. The van der Waals surface area contributed by atoms with Gasteiger partial charge >= 0.3 is 11.9 Å². The normalized spacial score (nSPS) is 12.3. The molecule has 1 atom stereocenters. The Hall–Kier alpha value is -1.88. The Kier molecular flexibility index (Phi) is 55.8. The van der Waals surface area contributed by atoms with Crippen molar-refractivity contribution >= 4 is 11.9 Å². The van der Waals surface area contributed by atoms with Gasteiger partial charge in [-0.1, -0.05) is 288 Å². The van der Waals surface area contributed by atoms with Gasteiger partial charge in [0.25, 0.3) is 0 Å². The molecule has 0 aliphatic heterocycles. The van der Waals surface area contributed by atoms with Crippen molar-refractivity contribution in [1.29, 1.82) is 0 Å². The first-order chi connectivity index (χ1) is 32.6. The lowest BCUT2D eigenvalue weighted by Gasteiger charge is -2.18. The molecule has 1 unspecified atom stereocenters. The fourth-order valence-corrected chi connectivity index (χ4v) is 8.82. The van der Waals surface area contributed by atoms with E-state index in [4.69, 9.17) is 14.2 Å². The number of esters is 2. The number of carbonyl (C=O) groups is 2. The highest BCUT2D eigenvalue weighted by Gasteiger charge is 2.17. The van der Waals surface area contributed by atoms with E-state index in [-0.39, 0.29) is 25.2 Å². The highest BCUT2D eigenvalue weighted by molar-refractivity contribution is 5.70. The maximum atomic E-state index is 12.9. The van der Waals surface area contributed by atoms with Crippen LogP contribution >= 0.6 is 0 Å². The van der Waals surface area contributed by atoms with Crippen molar-refractivity contribution in [1.82, 2.24) is 0 Å². The lowest BCUT2D eigenvalue weighted by molar-refractivity contribution is -0.163. The van der Waals surface area contributed by atoms with Crippen LogP contribution in [0.3, 0.4) is 0 Å². The summed E-state index contributed by atoms with van der Waals surface area (Å²) < 4.78 is 17.5. The summed E-state index contributed by atoms with van der Waals surface area (Å²) in [4.78, 5) is 25.5. The monoisotopic (exact) mass is 927 g/mol. The van der Waals surface area contributed by atoms with Crippen LogP contribution in [0.1, 0.15) is 316 Å².